The summed E-state index contributed by atoms with van der Waals surface area (Å²) in [5.74, 6) is 1.05. The number of nitrogens with one attached hydrogen (secondary N) is 2. The van der Waals surface area contributed by atoms with Crippen molar-refractivity contribution >= 4 is 23.2 Å². The van der Waals surface area contributed by atoms with Crippen LogP contribution in [0.4, 0.5) is 11.4 Å². The van der Waals surface area contributed by atoms with Gasteiger partial charge in [-0.25, -0.2) is 0 Å². The van der Waals surface area contributed by atoms with Crippen LogP contribution in [0.5, 0.6) is 11.5 Å². The quantitative estimate of drug-likeness (QED) is 0.877. The van der Waals surface area contributed by atoms with Gasteiger partial charge in [-0.05, 0) is 55.8 Å². The lowest BCUT2D eigenvalue weighted by molar-refractivity contribution is -0.122. The molecule has 0 bridgehead atoms. The molecule has 0 saturated heterocycles. The van der Waals surface area contributed by atoms with Gasteiger partial charge in [-0.15, -0.1) is 0 Å². The summed E-state index contributed by atoms with van der Waals surface area (Å²) in [5, 5.41) is 5.62. The Bertz CT molecular complexity index is 787. The average molecular weight is 340 g/mol. The number of fused-ring (bicyclic) bond motifs is 1. The van der Waals surface area contributed by atoms with Gasteiger partial charge in [-0.3, -0.25) is 9.59 Å². The first-order valence-corrected chi connectivity index (χ1v) is 8.18. The molecule has 25 heavy (non-hydrogen) atoms. The first kappa shape index (κ1) is 16.8. The van der Waals surface area contributed by atoms with E-state index in [0.717, 1.165) is 11.3 Å². The van der Waals surface area contributed by atoms with E-state index >= 15 is 0 Å². The van der Waals surface area contributed by atoms with Gasteiger partial charge >= 0.3 is 0 Å². The molecular weight excluding hydrogens is 320 g/mol. The van der Waals surface area contributed by atoms with Gasteiger partial charge in [0, 0.05) is 5.69 Å². The zero-order valence-electron chi connectivity index (χ0n) is 14.2. The zero-order chi connectivity index (χ0) is 17.8. The first-order valence-electron chi connectivity index (χ1n) is 8.18. The molecule has 0 fully saturated rings. The molecule has 0 saturated carbocycles. The topological polar surface area (TPSA) is 76.7 Å². The van der Waals surface area contributed by atoms with Crippen molar-refractivity contribution in [2.45, 2.75) is 26.4 Å². The molecule has 0 spiro atoms. The van der Waals surface area contributed by atoms with E-state index in [9.17, 15) is 9.59 Å². The summed E-state index contributed by atoms with van der Waals surface area (Å²) < 4.78 is 10.9. The van der Waals surface area contributed by atoms with Crippen molar-refractivity contribution in [1.82, 2.24) is 0 Å². The van der Waals surface area contributed by atoms with Crippen LogP contribution in [0.15, 0.2) is 42.5 Å². The number of ether oxygens (including phenoxy) is 2. The number of carbonyl (C=O) groups is 2. The third-order valence-corrected chi connectivity index (χ3v) is 3.79. The summed E-state index contributed by atoms with van der Waals surface area (Å²) in [5.41, 5.74) is 2.09. The van der Waals surface area contributed by atoms with E-state index in [2.05, 4.69) is 10.6 Å². The molecule has 2 N–H and O–H groups in total. The maximum atomic E-state index is 12.2. The molecule has 6 nitrogen and oxygen atoms in total. The molecule has 1 heterocycles. The molecular formula is C19H20N2O4. The molecule has 2 aromatic rings. The monoisotopic (exact) mass is 340 g/mol. The van der Waals surface area contributed by atoms with E-state index < -0.39 is 6.10 Å². The van der Waals surface area contributed by atoms with E-state index in [4.69, 9.17) is 9.47 Å². The standard InChI is InChI=1S/C19H20N2O4/c1-3-24-15-7-5-14(6-8-15)20-18(22)11-13-4-9-17-16(10-13)21-19(23)12(2)25-17/h4-10,12H,3,11H2,1-2H3,(H,20,22)(H,21,23). The SMILES string of the molecule is CCOc1ccc(NC(=O)Cc2ccc3c(c2)NC(=O)C(C)O3)cc1. The number of benzene rings is 2. The Labute approximate surface area is 146 Å². The van der Waals surface area contributed by atoms with Crippen molar-refractivity contribution in [2.24, 2.45) is 0 Å². The van der Waals surface area contributed by atoms with Crippen LogP contribution in [-0.4, -0.2) is 24.5 Å². The highest BCUT2D eigenvalue weighted by Crippen LogP contribution is 2.30. The van der Waals surface area contributed by atoms with Crippen LogP contribution in [0, 0.1) is 0 Å². The summed E-state index contributed by atoms with van der Waals surface area (Å²) in [6.07, 6.45) is -0.312. The highest BCUT2D eigenvalue weighted by Gasteiger charge is 2.23. The second kappa shape index (κ2) is 7.25. The predicted octanol–water partition coefficient (Wildman–Crippen LogP) is 2.99. The molecule has 2 amide bonds. The summed E-state index contributed by atoms with van der Waals surface area (Å²) in [4.78, 5) is 23.9. The molecule has 2 aromatic carbocycles. The fourth-order valence-corrected chi connectivity index (χ4v) is 2.56. The maximum Gasteiger partial charge on any atom is 0.265 e. The number of carbonyl (C=O) groups excluding carboxylic acids is 2. The molecule has 6 heteroatoms. The van der Waals surface area contributed by atoms with Crippen molar-refractivity contribution in [1.29, 1.82) is 0 Å². The van der Waals surface area contributed by atoms with E-state index in [1.165, 1.54) is 0 Å². The average Bonchev–Trinajstić information content (AvgIpc) is 2.58. The Morgan fingerprint density at radius 3 is 2.72 bits per heavy atom. The summed E-state index contributed by atoms with van der Waals surface area (Å²) in [6.45, 7) is 4.21. The molecule has 0 radical (unpaired) electrons. The van der Waals surface area contributed by atoms with Gasteiger partial charge in [0.2, 0.25) is 5.91 Å². The summed E-state index contributed by atoms with van der Waals surface area (Å²) in [7, 11) is 0. The van der Waals surface area contributed by atoms with Crippen molar-refractivity contribution in [2.75, 3.05) is 17.2 Å². The Kier molecular flexibility index (Phi) is 4.88. The minimum atomic E-state index is -0.513. The van der Waals surface area contributed by atoms with E-state index in [0.29, 0.717) is 23.7 Å². The Morgan fingerprint density at radius 1 is 1.24 bits per heavy atom. The van der Waals surface area contributed by atoms with Gasteiger partial charge in [-0.1, -0.05) is 6.07 Å². The highest BCUT2D eigenvalue weighted by molar-refractivity contribution is 5.98. The van der Waals surface area contributed by atoms with Crippen LogP contribution in [0.2, 0.25) is 0 Å². The van der Waals surface area contributed by atoms with Crippen LogP contribution in [0.25, 0.3) is 0 Å². The second-order valence-corrected chi connectivity index (χ2v) is 5.76. The molecule has 3 rings (SSSR count). The number of amides is 2. The van der Waals surface area contributed by atoms with Gasteiger partial charge in [-0.2, -0.15) is 0 Å². The van der Waals surface area contributed by atoms with Crippen molar-refractivity contribution in [3.8, 4) is 11.5 Å². The smallest absolute Gasteiger partial charge is 0.265 e. The molecule has 1 atom stereocenters. The van der Waals surface area contributed by atoms with Crippen molar-refractivity contribution < 1.29 is 19.1 Å². The Morgan fingerprint density at radius 2 is 2.00 bits per heavy atom. The van der Waals surface area contributed by atoms with E-state index in [-0.39, 0.29) is 18.2 Å². The largest absolute Gasteiger partial charge is 0.494 e. The fraction of sp³-hybridized carbons (Fsp3) is 0.263. The second-order valence-electron chi connectivity index (χ2n) is 5.76. The number of rotatable bonds is 5. The van der Waals surface area contributed by atoms with E-state index in [1.54, 1.807) is 31.2 Å². The molecule has 1 unspecified atom stereocenters. The Balaban J connectivity index is 1.63. The Hall–Kier alpha value is -3.02. The number of anilines is 2. The van der Waals surface area contributed by atoms with Crippen LogP contribution < -0.4 is 20.1 Å². The minimum absolute atomic E-state index is 0.138. The lowest BCUT2D eigenvalue weighted by Crippen LogP contribution is -2.34. The van der Waals surface area contributed by atoms with Crippen LogP contribution in [-0.2, 0) is 16.0 Å². The first-order chi connectivity index (χ1) is 12.0. The fourth-order valence-electron chi connectivity index (χ4n) is 2.56. The minimum Gasteiger partial charge on any atom is -0.494 e. The van der Waals surface area contributed by atoms with Gasteiger partial charge < -0.3 is 20.1 Å². The van der Waals surface area contributed by atoms with Crippen molar-refractivity contribution in [3.63, 3.8) is 0 Å². The molecule has 0 aliphatic carbocycles. The third-order valence-electron chi connectivity index (χ3n) is 3.79. The molecule has 1 aliphatic heterocycles. The van der Waals surface area contributed by atoms with Crippen molar-refractivity contribution in [3.05, 3.63) is 48.0 Å². The van der Waals surface area contributed by atoms with Gasteiger partial charge in [0.25, 0.3) is 5.91 Å². The number of hydrogen-bond acceptors (Lipinski definition) is 4. The van der Waals surface area contributed by atoms with Crippen LogP contribution in [0.3, 0.4) is 0 Å². The van der Waals surface area contributed by atoms with Gasteiger partial charge in [0.15, 0.2) is 6.10 Å². The summed E-state index contributed by atoms with van der Waals surface area (Å²) >= 11 is 0. The lowest BCUT2D eigenvalue weighted by Gasteiger charge is -2.23. The molecule has 0 aromatic heterocycles. The number of hydrogen-bond donors (Lipinski definition) is 2. The molecule has 1 aliphatic rings. The van der Waals surface area contributed by atoms with Gasteiger partial charge in [0.05, 0.1) is 18.7 Å². The van der Waals surface area contributed by atoms with E-state index in [1.807, 2.05) is 25.1 Å². The maximum absolute atomic E-state index is 12.2. The molecule has 130 valence electrons. The summed E-state index contributed by atoms with van der Waals surface area (Å²) in [6, 6.07) is 12.6. The van der Waals surface area contributed by atoms with Crippen LogP contribution >= 0.6 is 0 Å². The highest BCUT2D eigenvalue weighted by atomic mass is 16.5. The van der Waals surface area contributed by atoms with Crippen LogP contribution in [0.1, 0.15) is 19.4 Å². The van der Waals surface area contributed by atoms with Gasteiger partial charge in [0.1, 0.15) is 11.5 Å². The normalized spacial score (nSPS) is 15.6. The lowest BCUT2D eigenvalue weighted by atomic mass is 10.1. The third kappa shape index (κ3) is 4.09. The predicted molar refractivity (Wildman–Crippen MR) is 95.1 cm³/mol. The zero-order valence-corrected chi connectivity index (χ0v) is 14.2.